The maximum Gasteiger partial charge on any atom is 0.321 e. The molecule has 0 aliphatic carbocycles. The molecule has 0 bridgehead atoms. The van der Waals surface area contributed by atoms with Crippen molar-refractivity contribution in [3.8, 4) is 5.75 Å². The first-order valence-electron chi connectivity index (χ1n) is 5.88. The van der Waals surface area contributed by atoms with E-state index in [2.05, 4.69) is 10.6 Å². The Bertz CT molecular complexity index is 473. The normalized spacial score (nSPS) is 11.3. The fourth-order valence-electron chi connectivity index (χ4n) is 1.35. The first-order chi connectivity index (χ1) is 9.08. The summed E-state index contributed by atoms with van der Waals surface area (Å²) in [4.78, 5) is 33.6. The summed E-state index contributed by atoms with van der Waals surface area (Å²) in [5.74, 6) is -0.275. The van der Waals surface area contributed by atoms with Gasteiger partial charge in [0.15, 0.2) is 12.4 Å². The number of benzene rings is 1. The molecule has 19 heavy (non-hydrogen) atoms. The third-order valence-corrected chi connectivity index (χ3v) is 2.29. The summed E-state index contributed by atoms with van der Waals surface area (Å²) in [6.45, 7) is 3.66. The molecule has 6 heteroatoms. The van der Waals surface area contributed by atoms with Crippen LogP contribution in [-0.2, 0) is 4.79 Å². The fourth-order valence-corrected chi connectivity index (χ4v) is 1.35. The highest BCUT2D eigenvalue weighted by Crippen LogP contribution is 2.17. The molecule has 3 amide bonds. The second-order valence-corrected chi connectivity index (χ2v) is 3.76. The third-order valence-electron chi connectivity index (χ3n) is 2.29. The standard InChI is InChI=1S/C13H16N2O4/c1-3-14-13(18)15-12(17)9(2)19-11-7-5-4-6-10(11)8-16/h4-9H,3H2,1-2H3,(H2,14,15,17,18). The van der Waals surface area contributed by atoms with E-state index in [9.17, 15) is 14.4 Å². The van der Waals surface area contributed by atoms with E-state index in [0.717, 1.165) is 0 Å². The number of urea groups is 1. The summed E-state index contributed by atoms with van der Waals surface area (Å²) in [5, 5.41) is 4.57. The highest BCUT2D eigenvalue weighted by atomic mass is 16.5. The van der Waals surface area contributed by atoms with Crippen molar-refractivity contribution < 1.29 is 19.1 Å². The Hall–Kier alpha value is -2.37. The second kappa shape index (κ2) is 7.15. The van der Waals surface area contributed by atoms with Crippen LogP contribution in [0.3, 0.4) is 0 Å². The van der Waals surface area contributed by atoms with Crippen LogP contribution in [0.5, 0.6) is 5.75 Å². The maximum absolute atomic E-state index is 11.6. The van der Waals surface area contributed by atoms with Crippen LogP contribution in [0.1, 0.15) is 24.2 Å². The van der Waals surface area contributed by atoms with Crippen LogP contribution in [-0.4, -0.2) is 30.9 Å². The van der Waals surface area contributed by atoms with Crippen molar-refractivity contribution in [3.63, 3.8) is 0 Å². The molecule has 1 rings (SSSR count). The average molecular weight is 264 g/mol. The third kappa shape index (κ3) is 4.42. The molecule has 1 aromatic rings. The van der Waals surface area contributed by atoms with Crippen LogP contribution in [0, 0.1) is 0 Å². The van der Waals surface area contributed by atoms with Gasteiger partial charge in [-0.2, -0.15) is 0 Å². The summed E-state index contributed by atoms with van der Waals surface area (Å²) >= 11 is 0. The predicted octanol–water partition coefficient (Wildman–Crippen LogP) is 1.11. The number of hydrogen-bond acceptors (Lipinski definition) is 4. The number of carbonyl (C=O) groups excluding carboxylic acids is 3. The van der Waals surface area contributed by atoms with Gasteiger partial charge in [0.1, 0.15) is 5.75 Å². The minimum atomic E-state index is -0.885. The van der Waals surface area contributed by atoms with Gasteiger partial charge in [-0.25, -0.2) is 4.79 Å². The maximum atomic E-state index is 11.6. The fraction of sp³-hybridized carbons (Fsp3) is 0.308. The zero-order valence-corrected chi connectivity index (χ0v) is 10.8. The van der Waals surface area contributed by atoms with Gasteiger partial charge in [0, 0.05) is 6.54 Å². The number of para-hydroxylation sites is 1. The molecule has 6 nitrogen and oxygen atoms in total. The van der Waals surface area contributed by atoms with Gasteiger partial charge in [-0.1, -0.05) is 12.1 Å². The number of rotatable bonds is 5. The molecule has 0 fully saturated rings. The highest BCUT2D eigenvalue weighted by molar-refractivity contribution is 5.96. The second-order valence-electron chi connectivity index (χ2n) is 3.76. The Morgan fingerprint density at radius 3 is 2.68 bits per heavy atom. The number of hydrogen-bond donors (Lipinski definition) is 2. The Kier molecular flexibility index (Phi) is 5.53. The van der Waals surface area contributed by atoms with Crippen LogP contribution in [0.2, 0.25) is 0 Å². The van der Waals surface area contributed by atoms with E-state index >= 15 is 0 Å². The molecule has 1 aromatic carbocycles. The molecular formula is C13H16N2O4. The summed E-state index contributed by atoms with van der Waals surface area (Å²) in [6, 6.07) is 5.97. The lowest BCUT2D eigenvalue weighted by atomic mass is 10.2. The minimum absolute atomic E-state index is 0.302. The Morgan fingerprint density at radius 1 is 1.37 bits per heavy atom. The SMILES string of the molecule is CCNC(=O)NC(=O)C(C)Oc1ccccc1C=O. The van der Waals surface area contributed by atoms with Crippen LogP contribution in [0.4, 0.5) is 4.79 Å². The molecule has 1 atom stereocenters. The number of imide groups is 1. The molecule has 0 saturated heterocycles. The summed E-state index contributed by atoms with van der Waals surface area (Å²) < 4.78 is 5.35. The lowest BCUT2D eigenvalue weighted by Crippen LogP contribution is -2.45. The summed E-state index contributed by atoms with van der Waals surface area (Å²) in [6.07, 6.45) is -0.243. The molecule has 0 radical (unpaired) electrons. The molecule has 0 saturated carbocycles. The van der Waals surface area contributed by atoms with Gasteiger partial charge >= 0.3 is 6.03 Å². The van der Waals surface area contributed by atoms with Gasteiger partial charge in [0.05, 0.1) is 5.56 Å². The van der Waals surface area contributed by atoms with Crippen molar-refractivity contribution >= 4 is 18.2 Å². The van der Waals surface area contributed by atoms with Crippen molar-refractivity contribution in [2.75, 3.05) is 6.54 Å². The predicted molar refractivity (Wildman–Crippen MR) is 69.1 cm³/mol. The van der Waals surface area contributed by atoms with Crippen molar-refractivity contribution in [2.45, 2.75) is 20.0 Å². The topological polar surface area (TPSA) is 84.5 Å². The van der Waals surface area contributed by atoms with Gasteiger partial charge in [0.25, 0.3) is 5.91 Å². The molecule has 102 valence electrons. The van der Waals surface area contributed by atoms with E-state index in [1.165, 1.54) is 6.92 Å². The smallest absolute Gasteiger partial charge is 0.321 e. The first kappa shape index (κ1) is 14.7. The molecular weight excluding hydrogens is 248 g/mol. The van der Waals surface area contributed by atoms with Crippen molar-refractivity contribution in [3.05, 3.63) is 29.8 Å². The van der Waals surface area contributed by atoms with E-state index in [1.54, 1.807) is 31.2 Å². The van der Waals surface area contributed by atoms with Crippen molar-refractivity contribution in [1.29, 1.82) is 0 Å². The van der Waals surface area contributed by atoms with Crippen molar-refractivity contribution in [1.82, 2.24) is 10.6 Å². The summed E-state index contributed by atoms with van der Waals surface area (Å²) in [7, 11) is 0. The molecule has 2 N–H and O–H groups in total. The average Bonchev–Trinajstić information content (AvgIpc) is 2.39. The van der Waals surface area contributed by atoms with Gasteiger partial charge in [0.2, 0.25) is 0 Å². The van der Waals surface area contributed by atoms with Gasteiger partial charge < -0.3 is 10.1 Å². The number of ether oxygens (including phenoxy) is 1. The van der Waals surface area contributed by atoms with Crippen LogP contribution in [0.15, 0.2) is 24.3 Å². The van der Waals surface area contributed by atoms with E-state index in [4.69, 9.17) is 4.74 Å². The molecule has 0 aromatic heterocycles. The Labute approximate surface area is 111 Å². The van der Waals surface area contributed by atoms with Crippen molar-refractivity contribution in [2.24, 2.45) is 0 Å². The lowest BCUT2D eigenvalue weighted by molar-refractivity contribution is -0.126. The van der Waals surface area contributed by atoms with E-state index < -0.39 is 18.0 Å². The number of aldehydes is 1. The van der Waals surface area contributed by atoms with Gasteiger partial charge in [-0.3, -0.25) is 14.9 Å². The quantitative estimate of drug-likeness (QED) is 0.780. The Morgan fingerprint density at radius 2 is 2.05 bits per heavy atom. The van der Waals surface area contributed by atoms with Gasteiger partial charge in [-0.15, -0.1) is 0 Å². The monoisotopic (exact) mass is 264 g/mol. The highest BCUT2D eigenvalue weighted by Gasteiger charge is 2.18. The van der Waals surface area contributed by atoms with Gasteiger partial charge in [-0.05, 0) is 26.0 Å². The zero-order valence-electron chi connectivity index (χ0n) is 10.8. The molecule has 0 heterocycles. The van der Waals surface area contributed by atoms with Crippen LogP contribution < -0.4 is 15.4 Å². The number of carbonyl (C=O) groups is 3. The first-order valence-corrected chi connectivity index (χ1v) is 5.88. The largest absolute Gasteiger partial charge is 0.480 e. The Balaban J connectivity index is 2.63. The number of nitrogens with one attached hydrogen (secondary N) is 2. The lowest BCUT2D eigenvalue weighted by Gasteiger charge is -2.15. The van der Waals surface area contributed by atoms with E-state index in [1.807, 2.05) is 0 Å². The van der Waals surface area contributed by atoms with E-state index in [-0.39, 0.29) is 0 Å². The zero-order chi connectivity index (χ0) is 14.3. The summed E-state index contributed by atoms with van der Waals surface area (Å²) in [5.41, 5.74) is 0.347. The molecule has 1 unspecified atom stereocenters. The molecule has 0 spiro atoms. The minimum Gasteiger partial charge on any atom is -0.480 e. The van der Waals surface area contributed by atoms with E-state index in [0.29, 0.717) is 24.1 Å². The van der Waals surface area contributed by atoms with Crippen LogP contribution >= 0.6 is 0 Å². The molecule has 0 aliphatic rings. The number of amides is 3. The van der Waals surface area contributed by atoms with Crippen LogP contribution in [0.25, 0.3) is 0 Å². The molecule has 0 aliphatic heterocycles.